The van der Waals surface area contributed by atoms with Crippen LogP contribution in [0.4, 0.5) is 0 Å². The molecule has 0 rings (SSSR count). The van der Waals surface area contributed by atoms with Crippen LogP contribution in [0.25, 0.3) is 0 Å². The maximum atomic E-state index is 13.0. The lowest BCUT2D eigenvalue weighted by Gasteiger charge is -2.21. The molecule has 0 radical (unpaired) electrons. The van der Waals surface area contributed by atoms with Crippen molar-refractivity contribution in [3.63, 3.8) is 0 Å². The van der Waals surface area contributed by atoms with Gasteiger partial charge in [0, 0.05) is 25.7 Å². The second-order valence-electron chi connectivity index (χ2n) is 25.4. The van der Waals surface area contributed by atoms with Crippen molar-refractivity contribution < 1.29 is 80.2 Å². The zero-order valence-corrected chi connectivity index (χ0v) is 58.8. The second kappa shape index (κ2) is 61.3. The number of aliphatic hydroxyl groups is 1. The Morgan fingerprint density at radius 2 is 0.545 bits per heavy atom. The van der Waals surface area contributed by atoms with Gasteiger partial charge in [0.2, 0.25) is 0 Å². The molecule has 522 valence electrons. The largest absolute Gasteiger partial charge is 0.472 e. The number of rotatable bonds is 68. The van der Waals surface area contributed by atoms with Gasteiger partial charge < -0.3 is 33.8 Å². The summed E-state index contributed by atoms with van der Waals surface area (Å²) in [5.74, 6) is -0.616. The van der Waals surface area contributed by atoms with Gasteiger partial charge in [-0.15, -0.1) is 0 Å². The Hall–Kier alpha value is -1.94. The van der Waals surface area contributed by atoms with Gasteiger partial charge in [0.1, 0.15) is 19.3 Å². The van der Waals surface area contributed by atoms with E-state index in [0.717, 1.165) is 108 Å². The summed E-state index contributed by atoms with van der Waals surface area (Å²) >= 11 is 0. The van der Waals surface area contributed by atoms with E-state index < -0.39 is 97.5 Å². The highest BCUT2D eigenvalue weighted by Crippen LogP contribution is 2.45. The first-order valence-electron chi connectivity index (χ1n) is 36.1. The Morgan fingerprint density at radius 1 is 0.318 bits per heavy atom. The Kier molecular flexibility index (Phi) is 59.9. The van der Waals surface area contributed by atoms with Crippen LogP contribution >= 0.6 is 15.6 Å². The minimum Gasteiger partial charge on any atom is -0.462 e. The molecule has 7 atom stereocenters. The van der Waals surface area contributed by atoms with Crippen LogP contribution in [0.15, 0.2) is 0 Å². The fraction of sp³-hybridized carbons (Fsp3) is 0.942. The molecule has 3 N–H and O–H groups in total. The van der Waals surface area contributed by atoms with Crippen LogP contribution in [0.2, 0.25) is 0 Å². The molecule has 0 saturated heterocycles. The highest BCUT2D eigenvalue weighted by molar-refractivity contribution is 7.47. The standard InChI is InChI=1S/C69H134O17P2/c1-7-11-13-15-17-19-21-23-24-26-28-34-42-48-54-69(74)85-64(57-79-66(71)51-45-39-32-30-29-31-37-43-49-61(5)9-3)59-83-87(75,76)81-55-63(70)56-82-88(77,78)84-60-65(58-80-67(72)52-46-40-36-35-38-44-50-62(6)10-4)86-68(73)53-47-41-33-27-25-22-20-18-16-14-12-8-2/h61-65,70H,7-60H2,1-6H3,(H,75,76)(H,77,78)/t61?,62?,63-,64-,65-/m1/s1. The molecule has 0 aliphatic carbocycles. The molecule has 0 spiro atoms. The zero-order chi connectivity index (χ0) is 65.0. The van der Waals surface area contributed by atoms with Crippen LogP contribution < -0.4 is 0 Å². The fourth-order valence-corrected chi connectivity index (χ4v) is 11.9. The van der Waals surface area contributed by atoms with Gasteiger partial charge in [-0.05, 0) is 37.5 Å². The summed E-state index contributed by atoms with van der Waals surface area (Å²) in [4.78, 5) is 72.5. The van der Waals surface area contributed by atoms with E-state index >= 15 is 0 Å². The van der Waals surface area contributed by atoms with Crippen LogP contribution in [0.1, 0.15) is 350 Å². The van der Waals surface area contributed by atoms with Gasteiger partial charge in [0.05, 0.1) is 26.4 Å². The fourth-order valence-electron chi connectivity index (χ4n) is 10.4. The average molecular weight is 1300 g/mol. The Bertz CT molecular complexity index is 1720. The second-order valence-corrected chi connectivity index (χ2v) is 28.3. The maximum absolute atomic E-state index is 13.0. The summed E-state index contributed by atoms with van der Waals surface area (Å²) in [7, 11) is -9.90. The van der Waals surface area contributed by atoms with Crippen molar-refractivity contribution >= 4 is 39.5 Å². The van der Waals surface area contributed by atoms with Gasteiger partial charge >= 0.3 is 39.5 Å². The van der Waals surface area contributed by atoms with Crippen LogP contribution in [-0.2, 0) is 65.4 Å². The number of carbonyl (C=O) groups excluding carboxylic acids is 4. The molecule has 4 unspecified atom stereocenters. The highest BCUT2D eigenvalue weighted by atomic mass is 31.2. The molecule has 0 aromatic carbocycles. The molecular formula is C69H134O17P2. The maximum Gasteiger partial charge on any atom is 0.472 e. The Balaban J connectivity index is 5.26. The third-order valence-corrected chi connectivity index (χ3v) is 18.6. The third-order valence-electron chi connectivity index (χ3n) is 16.7. The Labute approximate surface area is 537 Å². The van der Waals surface area contributed by atoms with Gasteiger partial charge in [-0.3, -0.25) is 37.3 Å². The summed E-state index contributed by atoms with van der Waals surface area (Å²) in [5.41, 5.74) is 0. The van der Waals surface area contributed by atoms with Crippen molar-refractivity contribution in [1.29, 1.82) is 0 Å². The predicted molar refractivity (Wildman–Crippen MR) is 354 cm³/mol. The number of phosphoric ester groups is 2. The minimum absolute atomic E-state index is 0.106. The van der Waals surface area contributed by atoms with Gasteiger partial charge in [0.15, 0.2) is 12.2 Å². The number of hydrogen-bond donors (Lipinski definition) is 3. The van der Waals surface area contributed by atoms with E-state index in [-0.39, 0.29) is 25.7 Å². The average Bonchev–Trinajstić information content (AvgIpc) is 3.69. The first-order chi connectivity index (χ1) is 42.4. The molecule has 0 aromatic rings. The van der Waals surface area contributed by atoms with Crippen molar-refractivity contribution in [2.45, 2.75) is 368 Å². The molecule has 0 aromatic heterocycles. The summed E-state index contributed by atoms with van der Waals surface area (Å²) in [6.45, 7) is 9.51. The minimum atomic E-state index is -4.95. The van der Waals surface area contributed by atoms with Crippen LogP contribution in [0, 0.1) is 11.8 Å². The van der Waals surface area contributed by atoms with Crippen molar-refractivity contribution in [3.05, 3.63) is 0 Å². The third kappa shape index (κ3) is 60.3. The first kappa shape index (κ1) is 86.1. The van der Waals surface area contributed by atoms with Gasteiger partial charge in [-0.25, -0.2) is 9.13 Å². The number of hydrogen-bond acceptors (Lipinski definition) is 15. The number of ether oxygens (including phenoxy) is 4. The number of unbranched alkanes of at least 4 members (excludes halogenated alkanes) is 36. The summed E-state index contributed by atoms with van der Waals surface area (Å²) in [6.07, 6.45) is 45.6. The highest BCUT2D eigenvalue weighted by Gasteiger charge is 2.30. The van der Waals surface area contributed by atoms with E-state index in [9.17, 15) is 43.2 Å². The number of esters is 4. The molecule has 0 fully saturated rings. The zero-order valence-electron chi connectivity index (χ0n) is 57.0. The molecule has 0 amide bonds. The van der Waals surface area contributed by atoms with E-state index in [1.165, 1.54) is 161 Å². The van der Waals surface area contributed by atoms with Gasteiger partial charge in [-0.2, -0.15) is 0 Å². The molecule has 0 bridgehead atoms. The van der Waals surface area contributed by atoms with Crippen molar-refractivity contribution in [2.24, 2.45) is 11.8 Å². The normalized spacial score (nSPS) is 14.8. The summed E-state index contributed by atoms with van der Waals surface area (Å²) in [5, 5.41) is 10.6. The molecule has 0 heterocycles. The quantitative estimate of drug-likeness (QED) is 0.0222. The monoisotopic (exact) mass is 1300 g/mol. The Morgan fingerprint density at radius 3 is 0.807 bits per heavy atom. The number of aliphatic hydroxyl groups excluding tert-OH is 1. The molecule has 17 nitrogen and oxygen atoms in total. The lowest BCUT2D eigenvalue weighted by atomic mass is 9.99. The van der Waals surface area contributed by atoms with Gasteiger partial charge in [-0.1, -0.05) is 298 Å². The molecule has 0 aliphatic heterocycles. The van der Waals surface area contributed by atoms with Crippen LogP contribution in [-0.4, -0.2) is 96.7 Å². The van der Waals surface area contributed by atoms with Crippen molar-refractivity contribution in [1.82, 2.24) is 0 Å². The molecule has 19 heteroatoms. The predicted octanol–water partition coefficient (Wildman–Crippen LogP) is 19.6. The smallest absolute Gasteiger partial charge is 0.462 e. The molecule has 0 saturated carbocycles. The molecule has 0 aliphatic rings. The summed E-state index contributed by atoms with van der Waals surface area (Å²) in [6, 6.07) is 0. The van der Waals surface area contributed by atoms with Crippen LogP contribution in [0.3, 0.4) is 0 Å². The van der Waals surface area contributed by atoms with Crippen molar-refractivity contribution in [3.8, 4) is 0 Å². The van der Waals surface area contributed by atoms with E-state index in [0.29, 0.717) is 25.7 Å². The van der Waals surface area contributed by atoms with Crippen molar-refractivity contribution in [2.75, 3.05) is 39.6 Å². The molecule has 88 heavy (non-hydrogen) atoms. The number of carbonyl (C=O) groups is 4. The lowest BCUT2D eigenvalue weighted by molar-refractivity contribution is -0.161. The van der Waals surface area contributed by atoms with E-state index in [1.54, 1.807) is 0 Å². The van der Waals surface area contributed by atoms with E-state index in [4.69, 9.17) is 37.0 Å². The van der Waals surface area contributed by atoms with Crippen LogP contribution in [0.5, 0.6) is 0 Å². The summed E-state index contributed by atoms with van der Waals surface area (Å²) < 4.78 is 68.2. The van der Waals surface area contributed by atoms with E-state index in [2.05, 4.69) is 41.5 Å². The van der Waals surface area contributed by atoms with Gasteiger partial charge in [0.25, 0.3) is 0 Å². The first-order valence-corrected chi connectivity index (χ1v) is 39.1. The van der Waals surface area contributed by atoms with E-state index in [1.807, 2.05) is 0 Å². The topological polar surface area (TPSA) is 237 Å². The molecular weight excluding hydrogens is 1160 g/mol. The lowest BCUT2D eigenvalue weighted by Crippen LogP contribution is -2.30. The number of phosphoric acid groups is 2. The SMILES string of the molecule is CCCCCCCCCCCCCCCCC(=O)O[C@H](COC(=O)CCCCCCCCCCC(C)CC)COP(=O)(O)OC[C@@H](O)COP(=O)(O)OC[C@@H](COC(=O)CCCCCCCCC(C)CC)OC(=O)CCCCCCCCCCCCCC.